The molecule has 152 valence electrons. The molecule has 1 amide bonds. The van der Waals surface area contributed by atoms with E-state index in [4.69, 9.17) is 23.7 Å². The molecule has 1 aromatic carbocycles. The van der Waals surface area contributed by atoms with Gasteiger partial charge in [0.05, 0.1) is 7.11 Å². The van der Waals surface area contributed by atoms with Crippen LogP contribution in [0.15, 0.2) is 24.3 Å². The zero-order valence-corrected chi connectivity index (χ0v) is 16.8. The van der Waals surface area contributed by atoms with Crippen LogP contribution < -0.4 is 4.74 Å². The Morgan fingerprint density at radius 2 is 1.67 bits per heavy atom. The molecule has 1 rings (SSSR count). The summed E-state index contributed by atoms with van der Waals surface area (Å²) in [7, 11) is 4.25. The minimum atomic E-state index is -0.893. The van der Waals surface area contributed by atoms with Crippen LogP contribution in [0.3, 0.4) is 0 Å². The summed E-state index contributed by atoms with van der Waals surface area (Å²) in [5, 5.41) is 0. The minimum Gasteiger partial charge on any atom is -0.468 e. The van der Waals surface area contributed by atoms with Gasteiger partial charge in [0.15, 0.2) is 6.79 Å². The molecule has 0 aliphatic carbocycles. The van der Waals surface area contributed by atoms with Crippen LogP contribution in [-0.4, -0.2) is 63.5 Å². The molecule has 0 saturated carbocycles. The van der Waals surface area contributed by atoms with Crippen molar-refractivity contribution in [3.63, 3.8) is 0 Å². The van der Waals surface area contributed by atoms with E-state index in [1.807, 2.05) is 0 Å². The van der Waals surface area contributed by atoms with E-state index < -0.39 is 23.7 Å². The number of methoxy groups -OCH3 is 3. The van der Waals surface area contributed by atoms with Crippen LogP contribution in [0, 0.1) is 0 Å². The van der Waals surface area contributed by atoms with Crippen LogP contribution in [0.4, 0.5) is 4.79 Å². The summed E-state index contributed by atoms with van der Waals surface area (Å²) in [4.78, 5) is 26.1. The van der Waals surface area contributed by atoms with Gasteiger partial charge < -0.3 is 23.7 Å². The number of carbonyl (C=O) groups is 2. The second-order valence-corrected chi connectivity index (χ2v) is 6.81. The Balaban J connectivity index is 3.00. The van der Waals surface area contributed by atoms with Gasteiger partial charge in [0.1, 0.15) is 24.1 Å². The quantitative estimate of drug-likeness (QED) is 0.479. The zero-order chi connectivity index (χ0) is 20.4. The second-order valence-electron chi connectivity index (χ2n) is 6.81. The first-order valence-corrected chi connectivity index (χ1v) is 8.49. The maximum Gasteiger partial charge on any atom is 0.412 e. The van der Waals surface area contributed by atoms with Gasteiger partial charge in [-0.2, -0.15) is 0 Å². The number of carbonyl (C=O) groups excluding carboxylic acids is 2. The monoisotopic (exact) mass is 383 g/mol. The molecule has 0 aliphatic rings. The van der Waals surface area contributed by atoms with Crippen LogP contribution in [0.2, 0.25) is 0 Å². The third-order valence-corrected chi connectivity index (χ3v) is 3.44. The predicted octanol–water partition coefficient (Wildman–Crippen LogP) is 2.59. The Morgan fingerprint density at radius 1 is 1.04 bits per heavy atom. The van der Waals surface area contributed by atoms with Crippen LogP contribution in [0.25, 0.3) is 0 Å². The number of amides is 1. The summed E-state index contributed by atoms with van der Waals surface area (Å²) in [5.41, 5.74) is 0.115. The Kier molecular flexibility index (Phi) is 9.04. The van der Waals surface area contributed by atoms with Crippen molar-refractivity contribution < 1.29 is 33.3 Å². The number of hydrogen-bond donors (Lipinski definition) is 0. The van der Waals surface area contributed by atoms with Gasteiger partial charge in [-0.15, -0.1) is 0 Å². The van der Waals surface area contributed by atoms with Crippen LogP contribution >= 0.6 is 0 Å². The van der Waals surface area contributed by atoms with E-state index in [0.29, 0.717) is 5.75 Å². The molecule has 0 N–H and O–H groups in total. The molecule has 8 nitrogen and oxygen atoms in total. The molecule has 1 aromatic rings. The highest BCUT2D eigenvalue weighted by atomic mass is 16.7. The van der Waals surface area contributed by atoms with Crippen molar-refractivity contribution in [3.8, 4) is 5.75 Å². The molecule has 0 aromatic heterocycles. The fourth-order valence-electron chi connectivity index (χ4n) is 2.26. The predicted molar refractivity (Wildman–Crippen MR) is 98.4 cm³/mol. The molecular weight excluding hydrogens is 354 g/mol. The van der Waals surface area contributed by atoms with Gasteiger partial charge in [0.2, 0.25) is 0 Å². The maximum absolute atomic E-state index is 12.6. The number of benzene rings is 1. The van der Waals surface area contributed by atoms with Crippen molar-refractivity contribution in [1.82, 2.24) is 4.90 Å². The molecule has 0 saturated heterocycles. The van der Waals surface area contributed by atoms with Crippen molar-refractivity contribution in [3.05, 3.63) is 29.8 Å². The number of hydrogen-bond acceptors (Lipinski definition) is 7. The highest BCUT2D eigenvalue weighted by Crippen LogP contribution is 2.18. The molecule has 0 unspecified atom stereocenters. The summed E-state index contributed by atoms with van der Waals surface area (Å²) in [6.07, 6.45) is -0.417. The van der Waals surface area contributed by atoms with Crippen molar-refractivity contribution >= 4 is 12.1 Å². The van der Waals surface area contributed by atoms with E-state index >= 15 is 0 Å². The van der Waals surface area contributed by atoms with Crippen molar-refractivity contribution in [2.75, 3.05) is 34.9 Å². The number of ether oxygens (including phenoxy) is 5. The fraction of sp³-hybridized carbons (Fsp3) is 0.579. The summed E-state index contributed by atoms with van der Waals surface area (Å²) in [6, 6.07) is 6.24. The van der Waals surface area contributed by atoms with Gasteiger partial charge in [-0.3, -0.25) is 4.90 Å². The lowest BCUT2D eigenvalue weighted by molar-refractivity contribution is -0.148. The average Bonchev–Trinajstić information content (AvgIpc) is 2.61. The topological polar surface area (TPSA) is 83.5 Å². The van der Waals surface area contributed by atoms with Crippen molar-refractivity contribution in [2.45, 2.75) is 38.8 Å². The summed E-state index contributed by atoms with van der Waals surface area (Å²) in [5.74, 6) is 0.0775. The minimum absolute atomic E-state index is 0.107. The average molecular weight is 383 g/mol. The maximum atomic E-state index is 12.6. The lowest BCUT2D eigenvalue weighted by atomic mass is 10.0. The van der Waals surface area contributed by atoms with Gasteiger partial charge in [0.25, 0.3) is 0 Å². The second kappa shape index (κ2) is 10.7. The largest absolute Gasteiger partial charge is 0.468 e. The van der Waals surface area contributed by atoms with E-state index in [1.165, 1.54) is 26.2 Å². The summed E-state index contributed by atoms with van der Waals surface area (Å²) in [6.45, 7) is 5.29. The Labute approximate surface area is 160 Å². The molecule has 0 spiro atoms. The van der Waals surface area contributed by atoms with E-state index in [1.54, 1.807) is 45.0 Å². The van der Waals surface area contributed by atoms with E-state index in [9.17, 15) is 9.59 Å². The first-order chi connectivity index (χ1) is 12.7. The summed E-state index contributed by atoms with van der Waals surface area (Å²) < 4.78 is 25.6. The zero-order valence-electron chi connectivity index (χ0n) is 16.8. The Bertz CT molecular complexity index is 595. The third kappa shape index (κ3) is 7.84. The van der Waals surface area contributed by atoms with Crippen LogP contribution in [0.1, 0.15) is 26.3 Å². The normalized spacial score (nSPS) is 12.2. The molecule has 0 radical (unpaired) electrons. The molecule has 1 atom stereocenters. The third-order valence-electron chi connectivity index (χ3n) is 3.44. The molecule has 0 bridgehead atoms. The molecular formula is C19H29NO7. The van der Waals surface area contributed by atoms with E-state index in [0.717, 1.165) is 5.56 Å². The fourth-order valence-corrected chi connectivity index (χ4v) is 2.26. The molecule has 8 heteroatoms. The highest BCUT2D eigenvalue weighted by molar-refractivity contribution is 5.81. The lowest BCUT2D eigenvalue weighted by Crippen LogP contribution is -2.49. The number of esters is 1. The number of rotatable bonds is 9. The van der Waals surface area contributed by atoms with E-state index in [-0.39, 0.29) is 19.9 Å². The van der Waals surface area contributed by atoms with Gasteiger partial charge in [-0.25, -0.2) is 9.59 Å². The van der Waals surface area contributed by atoms with Crippen LogP contribution in [-0.2, 0) is 30.2 Å². The van der Waals surface area contributed by atoms with Crippen molar-refractivity contribution in [2.24, 2.45) is 0 Å². The first kappa shape index (κ1) is 22.7. The standard InChI is InChI=1S/C19H29NO7/c1-19(2,3)27-18(22)20(12-23-4)16(17(21)25-6)11-14-7-9-15(10-8-14)26-13-24-5/h7-10,16H,11-13H2,1-6H3/t16-/m0/s1. The van der Waals surface area contributed by atoms with Crippen molar-refractivity contribution in [1.29, 1.82) is 0 Å². The lowest BCUT2D eigenvalue weighted by Gasteiger charge is -2.31. The van der Waals surface area contributed by atoms with Crippen LogP contribution in [0.5, 0.6) is 5.75 Å². The number of nitrogens with zero attached hydrogens (tertiary/aromatic N) is 1. The van der Waals surface area contributed by atoms with Gasteiger partial charge in [0, 0.05) is 20.6 Å². The van der Waals surface area contributed by atoms with Gasteiger partial charge in [-0.05, 0) is 38.5 Å². The highest BCUT2D eigenvalue weighted by Gasteiger charge is 2.34. The molecule has 0 fully saturated rings. The Morgan fingerprint density at radius 3 is 2.15 bits per heavy atom. The molecule has 27 heavy (non-hydrogen) atoms. The van der Waals surface area contributed by atoms with Gasteiger partial charge >= 0.3 is 12.1 Å². The molecule has 0 heterocycles. The van der Waals surface area contributed by atoms with E-state index in [2.05, 4.69) is 0 Å². The Hall–Kier alpha value is -2.32. The first-order valence-electron chi connectivity index (χ1n) is 8.49. The SMILES string of the molecule is COCOc1ccc(C[C@@H](C(=O)OC)N(COC)C(=O)OC(C)(C)C)cc1. The molecule has 0 aliphatic heterocycles. The smallest absolute Gasteiger partial charge is 0.412 e. The summed E-state index contributed by atoms with van der Waals surface area (Å²) >= 11 is 0. The van der Waals surface area contributed by atoms with Gasteiger partial charge in [-0.1, -0.05) is 12.1 Å².